The molecule has 1 aliphatic rings. The lowest BCUT2D eigenvalue weighted by molar-refractivity contribution is -0.117. The van der Waals surface area contributed by atoms with Gasteiger partial charge in [-0.15, -0.1) is 10.2 Å². The van der Waals surface area contributed by atoms with E-state index in [1.54, 1.807) is 0 Å². The minimum Gasteiger partial charge on any atom is -0.416 e. The first-order valence-electron chi connectivity index (χ1n) is 10.1. The Morgan fingerprint density at radius 1 is 1.21 bits per heavy atom. The Kier molecular flexibility index (Phi) is 7.69. The smallest absolute Gasteiger partial charge is 0.321 e. The zero-order chi connectivity index (χ0) is 20.6. The van der Waals surface area contributed by atoms with Crippen molar-refractivity contribution in [1.29, 1.82) is 0 Å². The largest absolute Gasteiger partial charge is 0.416 e. The Morgan fingerprint density at radius 2 is 1.97 bits per heavy atom. The van der Waals surface area contributed by atoms with E-state index in [1.165, 1.54) is 12.0 Å². The number of urea groups is 1. The van der Waals surface area contributed by atoms with Gasteiger partial charge in [0.15, 0.2) is 0 Å². The van der Waals surface area contributed by atoms with Gasteiger partial charge in [0, 0.05) is 12.5 Å². The molecule has 29 heavy (non-hydrogen) atoms. The van der Waals surface area contributed by atoms with Gasteiger partial charge >= 0.3 is 6.03 Å². The third-order valence-corrected chi connectivity index (χ3v) is 6.12. The Bertz CT molecular complexity index is 811. The van der Waals surface area contributed by atoms with Gasteiger partial charge in [0.05, 0.1) is 5.75 Å². The van der Waals surface area contributed by atoms with Crippen molar-refractivity contribution in [2.45, 2.75) is 63.1 Å². The number of nitrogens with one attached hydrogen (secondary N) is 2. The highest BCUT2D eigenvalue weighted by atomic mass is 32.2. The van der Waals surface area contributed by atoms with Crippen LogP contribution in [0.3, 0.4) is 0 Å². The molecule has 3 atom stereocenters. The lowest BCUT2D eigenvalue weighted by atomic mass is 9.86. The molecule has 7 nitrogen and oxygen atoms in total. The van der Waals surface area contributed by atoms with Gasteiger partial charge < -0.3 is 9.73 Å². The highest BCUT2D eigenvalue weighted by molar-refractivity contribution is 7.99. The fourth-order valence-corrected chi connectivity index (χ4v) is 4.15. The summed E-state index contributed by atoms with van der Waals surface area (Å²) in [5.74, 6) is 0.892. The predicted octanol–water partition coefficient (Wildman–Crippen LogP) is 3.91. The molecule has 2 N–H and O–H groups in total. The van der Waals surface area contributed by atoms with E-state index in [0.717, 1.165) is 31.0 Å². The number of thioether (sulfide) groups is 1. The molecule has 0 spiro atoms. The Labute approximate surface area is 175 Å². The second kappa shape index (κ2) is 10.4. The zero-order valence-corrected chi connectivity index (χ0v) is 17.7. The molecule has 0 aliphatic heterocycles. The number of imide groups is 1. The molecule has 2 aromatic rings. The zero-order valence-electron chi connectivity index (χ0n) is 16.9. The van der Waals surface area contributed by atoms with Crippen LogP contribution >= 0.6 is 11.8 Å². The monoisotopic (exact) mass is 416 g/mol. The van der Waals surface area contributed by atoms with Crippen LogP contribution in [-0.2, 0) is 11.2 Å². The summed E-state index contributed by atoms with van der Waals surface area (Å²) in [6, 6.07) is 9.83. The van der Waals surface area contributed by atoms with Gasteiger partial charge in [0.25, 0.3) is 5.22 Å². The second-order valence-electron chi connectivity index (χ2n) is 7.66. The van der Waals surface area contributed by atoms with Crippen LogP contribution in [0.2, 0.25) is 0 Å². The summed E-state index contributed by atoms with van der Waals surface area (Å²) in [5.41, 5.74) is 1.21. The van der Waals surface area contributed by atoms with Crippen molar-refractivity contribution in [3.63, 3.8) is 0 Å². The van der Waals surface area contributed by atoms with Crippen molar-refractivity contribution < 1.29 is 14.0 Å². The van der Waals surface area contributed by atoms with Crippen LogP contribution in [0.5, 0.6) is 0 Å². The van der Waals surface area contributed by atoms with Gasteiger partial charge in [0.1, 0.15) is 0 Å². The van der Waals surface area contributed by atoms with Crippen molar-refractivity contribution in [1.82, 2.24) is 20.8 Å². The lowest BCUT2D eigenvalue weighted by Gasteiger charge is -2.29. The molecule has 1 fully saturated rings. The quantitative estimate of drug-likeness (QED) is 0.664. The Morgan fingerprint density at radius 3 is 2.72 bits per heavy atom. The Hall–Kier alpha value is -2.35. The average Bonchev–Trinajstić information content (AvgIpc) is 3.16. The van der Waals surface area contributed by atoms with E-state index < -0.39 is 6.03 Å². The van der Waals surface area contributed by atoms with Crippen LogP contribution in [0.4, 0.5) is 4.79 Å². The number of hydrogen-bond donors (Lipinski definition) is 2. The van der Waals surface area contributed by atoms with E-state index in [-0.39, 0.29) is 23.6 Å². The summed E-state index contributed by atoms with van der Waals surface area (Å²) in [6.45, 7) is 4.24. The molecule has 1 aromatic carbocycles. The van der Waals surface area contributed by atoms with Crippen LogP contribution < -0.4 is 10.6 Å². The van der Waals surface area contributed by atoms with E-state index in [2.05, 4.69) is 46.8 Å². The van der Waals surface area contributed by atoms with Crippen molar-refractivity contribution in [3.8, 4) is 0 Å². The molecule has 1 saturated carbocycles. The van der Waals surface area contributed by atoms with Crippen LogP contribution in [0, 0.1) is 5.92 Å². The van der Waals surface area contributed by atoms with Gasteiger partial charge in [-0.25, -0.2) is 4.79 Å². The Balaban J connectivity index is 1.40. The minimum atomic E-state index is -0.433. The van der Waals surface area contributed by atoms with E-state index >= 15 is 0 Å². The number of carbonyl (C=O) groups excluding carboxylic acids is 2. The summed E-state index contributed by atoms with van der Waals surface area (Å²) in [4.78, 5) is 24.1. The predicted molar refractivity (Wildman–Crippen MR) is 112 cm³/mol. The van der Waals surface area contributed by atoms with Crippen molar-refractivity contribution in [2.75, 3.05) is 5.75 Å². The molecular formula is C21H28N4O3S. The molecule has 8 heteroatoms. The van der Waals surface area contributed by atoms with Gasteiger partial charge in [-0.2, -0.15) is 0 Å². The van der Waals surface area contributed by atoms with E-state index in [1.807, 2.05) is 18.2 Å². The van der Waals surface area contributed by atoms with Gasteiger partial charge in [-0.1, -0.05) is 68.8 Å². The molecule has 156 valence electrons. The lowest BCUT2D eigenvalue weighted by Crippen LogP contribution is -2.48. The van der Waals surface area contributed by atoms with Gasteiger partial charge in [0.2, 0.25) is 11.8 Å². The number of amides is 3. The minimum absolute atomic E-state index is 0.0452. The molecule has 0 bridgehead atoms. The van der Waals surface area contributed by atoms with Crippen LogP contribution in [-0.4, -0.2) is 33.9 Å². The summed E-state index contributed by atoms with van der Waals surface area (Å²) >= 11 is 1.13. The van der Waals surface area contributed by atoms with E-state index in [4.69, 9.17) is 4.42 Å². The molecule has 1 aliphatic carbocycles. The summed E-state index contributed by atoms with van der Waals surface area (Å²) < 4.78 is 5.63. The fraction of sp³-hybridized carbons (Fsp3) is 0.524. The number of carbonyl (C=O) groups is 2. The van der Waals surface area contributed by atoms with Crippen molar-refractivity contribution >= 4 is 23.7 Å². The molecule has 0 radical (unpaired) electrons. The van der Waals surface area contributed by atoms with Crippen LogP contribution in [0.1, 0.15) is 56.9 Å². The molecule has 1 aromatic heterocycles. The van der Waals surface area contributed by atoms with Gasteiger partial charge in [-0.05, 0) is 30.2 Å². The summed E-state index contributed by atoms with van der Waals surface area (Å²) in [6.07, 6.45) is 5.01. The molecular weight excluding hydrogens is 388 g/mol. The fourth-order valence-electron chi connectivity index (χ4n) is 3.57. The number of rotatable bonds is 7. The maximum Gasteiger partial charge on any atom is 0.321 e. The third-order valence-electron chi connectivity index (χ3n) is 5.31. The molecule has 1 heterocycles. The van der Waals surface area contributed by atoms with E-state index in [0.29, 0.717) is 23.5 Å². The van der Waals surface area contributed by atoms with Crippen LogP contribution in [0.15, 0.2) is 40.0 Å². The second-order valence-corrected chi connectivity index (χ2v) is 8.58. The number of benzene rings is 1. The SMILES string of the molecule is CC(Cc1nnc(SCC(=O)NC(=O)NC2CCCCC2C)o1)c1ccccc1. The topological polar surface area (TPSA) is 97.1 Å². The molecule has 3 rings (SSSR count). The third kappa shape index (κ3) is 6.59. The number of nitrogens with zero attached hydrogens (tertiary/aromatic N) is 2. The summed E-state index contributed by atoms with van der Waals surface area (Å²) in [7, 11) is 0. The molecule has 0 saturated heterocycles. The highest BCUT2D eigenvalue weighted by Crippen LogP contribution is 2.24. The standard InChI is InChI=1S/C21H28N4O3S/c1-14-8-6-7-11-17(14)22-20(27)23-18(26)13-29-21-25-24-19(28-21)12-15(2)16-9-4-3-5-10-16/h3-5,9-10,14-15,17H,6-8,11-13H2,1-2H3,(H2,22,23,26,27). The number of hydrogen-bond acceptors (Lipinski definition) is 6. The first-order valence-corrected chi connectivity index (χ1v) is 11.1. The molecule has 3 amide bonds. The van der Waals surface area contributed by atoms with Gasteiger partial charge in [-0.3, -0.25) is 10.1 Å². The van der Waals surface area contributed by atoms with Crippen LogP contribution in [0.25, 0.3) is 0 Å². The first-order chi connectivity index (χ1) is 14.0. The normalized spacial score (nSPS) is 20.1. The number of aromatic nitrogens is 2. The maximum atomic E-state index is 12.0. The summed E-state index contributed by atoms with van der Waals surface area (Å²) in [5, 5.41) is 13.7. The molecule has 3 unspecified atom stereocenters. The average molecular weight is 417 g/mol. The van der Waals surface area contributed by atoms with Crippen molar-refractivity contribution in [2.24, 2.45) is 5.92 Å². The van der Waals surface area contributed by atoms with Crippen molar-refractivity contribution in [3.05, 3.63) is 41.8 Å². The van der Waals surface area contributed by atoms with E-state index in [9.17, 15) is 9.59 Å². The highest BCUT2D eigenvalue weighted by Gasteiger charge is 2.23. The first kappa shape index (κ1) is 21.4. The maximum absolute atomic E-state index is 12.0.